The molecule has 1 saturated heterocycles. The van der Waals surface area contributed by atoms with E-state index in [-0.39, 0.29) is 16.5 Å². The zero-order valence-electron chi connectivity index (χ0n) is 18.7. The molecule has 0 atom stereocenters. The van der Waals surface area contributed by atoms with Crippen LogP contribution in [0.15, 0.2) is 47.4 Å². The number of piperazine rings is 1. The van der Waals surface area contributed by atoms with E-state index in [4.69, 9.17) is 23.2 Å². The summed E-state index contributed by atoms with van der Waals surface area (Å²) in [6, 6.07) is 10.5. The molecule has 0 radical (unpaired) electrons. The van der Waals surface area contributed by atoms with Crippen molar-refractivity contribution in [1.29, 1.82) is 0 Å². The lowest BCUT2D eigenvalue weighted by atomic mass is 10.2. The summed E-state index contributed by atoms with van der Waals surface area (Å²) in [4.78, 5) is 14.7. The maximum atomic E-state index is 12.8. The van der Waals surface area contributed by atoms with Gasteiger partial charge in [0.25, 0.3) is 0 Å². The topological polar surface area (TPSA) is 107 Å². The molecule has 1 aliphatic rings. The van der Waals surface area contributed by atoms with Crippen molar-refractivity contribution >= 4 is 54.8 Å². The Morgan fingerprint density at radius 1 is 0.971 bits per heavy atom. The highest BCUT2D eigenvalue weighted by Gasteiger charge is 2.27. The van der Waals surface area contributed by atoms with Crippen LogP contribution >= 0.6 is 23.2 Å². The molecule has 1 amide bonds. The molecule has 13 heteroatoms. The van der Waals surface area contributed by atoms with Crippen molar-refractivity contribution in [3.63, 3.8) is 0 Å². The first-order valence-corrected chi connectivity index (χ1v) is 14.4. The monoisotopic (exact) mass is 548 g/mol. The van der Waals surface area contributed by atoms with Gasteiger partial charge in [-0.25, -0.2) is 16.8 Å². The lowest BCUT2D eigenvalue weighted by Gasteiger charge is -2.31. The van der Waals surface area contributed by atoms with Gasteiger partial charge in [-0.3, -0.25) is 4.79 Å². The maximum Gasteiger partial charge on any atom is 0.243 e. The van der Waals surface area contributed by atoms with Crippen LogP contribution in [0.4, 0.5) is 5.69 Å². The molecule has 0 unspecified atom stereocenters. The Hall–Kier alpha value is -1.73. The molecule has 0 aromatic heterocycles. The van der Waals surface area contributed by atoms with Crippen LogP contribution in [0.3, 0.4) is 0 Å². The minimum atomic E-state index is -3.71. The van der Waals surface area contributed by atoms with Gasteiger partial charge in [-0.1, -0.05) is 29.3 Å². The van der Waals surface area contributed by atoms with E-state index in [1.165, 1.54) is 28.6 Å². The van der Waals surface area contributed by atoms with Crippen LogP contribution < -0.4 is 5.32 Å². The van der Waals surface area contributed by atoms with E-state index >= 15 is 0 Å². The van der Waals surface area contributed by atoms with Crippen molar-refractivity contribution in [3.05, 3.63) is 58.1 Å². The molecule has 0 bridgehead atoms. The van der Waals surface area contributed by atoms with Gasteiger partial charge in [0.1, 0.15) is 0 Å². The number of carbonyl (C=O) groups excluding carboxylic acids is 1. The summed E-state index contributed by atoms with van der Waals surface area (Å²) < 4.78 is 52.5. The summed E-state index contributed by atoms with van der Waals surface area (Å²) in [7, 11) is -5.39. The Morgan fingerprint density at radius 3 is 2.15 bits per heavy atom. The van der Waals surface area contributed by atoms with Gasteiger partial charge < -0.3 is 10.2 Å². The predicted octanol–water partition coefficient (Wildman–Crippen LogP) is 2.33. The third-order valence-corrected chi connectivity index (χ3v) is 9.22. The first kappa shape index (κ1) is 26.9. The van der Waals surface area contributed by atoms with Crippen molar-refractivity contribution in [2.45, 2.75) is 11.4 Å². The van der Waals surface area contributed by atoms with E-state index in [1.807, 2.05) is 7.05 Å². The molecule has 1 heterocycles. The molecule has 0 aliphatic carbocycles. The van der Waals surface area contributed by atoms with E-state index in [9.17, 15) is 21.6 Å². The van der Waals surface area contributed by atoms with Crippen LogP contribution in [-0.4, -0.2) is 82.3 Å². The SMILES string of the molecule is CN1CCN(S(=O)(=O)c2ccc(NC(=O)CN(Cc3ccc(Cl)c(Cl)c3)S(C)(=O)=O)cc2)CC1. The van der Waals surface area contributed by atoms with Gasteiger partial charge in [-0.15, -0.1) is 0 Å². The number of carbonyl (C=O) groups is 1. The fraction of sp³-hybridized carbons (Fsp3) is 0.381. The fourth-order valence-electron chi connectivity index (χ4n) is 3.38. The normalized spacial score (nSPS) is 16.0. The number of halogens is 2. The van der Waals surface area contributed by atoms with E-state index in [1.54, 1.807) is 18.2 Å². The molecule has 0 saturated carbocycles. The minimum absolute atomic E-state index is 0.0641. The van der Waals surface area contributed by atoms with E-state index in [0.717, 1.165) is 10.6 Å². The van der Waals surface area contributed by atoms with E-state index in [0.29, 0.717) is 42.5 Å². The zero-order chi connectivity index (χ0) is 25.1. The molecule has 2 aromatic rings. The summed E-state index contributed by atoms with van der Waals surface area (Å²) >= 11 is 11.9. The number of nitrogens with zero attached hydrogens (tertiary/aromatic N) is 3. The fourth-order valence-corrected chi connectivity index (χ4v) is 5.86. The number of hydrogen-bond acceptors (Lipinski definition) is 6. The standard InChI is InChI=1S/C21H26Cl2N4O5S2/c1-25-9-11-26(12-10-25)34(31,32)18-6-4-17(5-7-18)24-21(28)15-27(33(2,29)30)14-16-3-8-19(22)20(23)13-16/h3-8,13H,9-12,14-15H2,1-2H3,(H,24,28). The van der Waals surface area contributed by atoms with Crippen LogP contribution in [0.25, 0.3) is 0 Å². The molecule has 1 aliphatic heterocycles. The number of nitrogens with one attached hydrogen (secondary N) is 1. The van der Waals surface area contributed by atoms with E-state index in [2.05, 4.69) is 10.2 Å². The smallest absolute Gasteiger partial charge is 0.243 e. The lowest BCUT2D eigenvalue weighted by molar-refractivity contribution is -0.116. The second-order valence-corrected chi connectivity index (χ2v) is 12.8. The van der Waals surface area contributed by atoms with Gasteiger partial charge in [0.05, 0.1) is 27.7 Å². The second-order valence-electron chi connectivity index (χ2n) is 8.06. The lowest BCUT2D eigenvalue weighted by Crippen LogP contribution is -2.46. The van der Waals surface area contributed by atoms with Crippen LogP contribution in [-0.2, 0) is 31.4 Å². The molecule has 2 aromatic carbocycles. The Balaban J connectivity index is 1.66. The van der Waals surface area contributed by atoms with Gasteiger partial charge in [0.15, 0.2) is 0 Å². The van der Waals surface area contributed by atoms with Crippen molar-refractivity contribution < 1.29 is 21.6 Å². The zero-order valence-corrected chi connectivity index (χ0v) is 21.9. The Labute approximate surface area is 210 Å². The summed E-state index contributed by atoms with van der Waals surface area (Å²) in [6.07, 6.45) is 1.01. The highest BCUT2D eigenvalue weighted by Crippen LogP contribution is 2.24. The molecule has 1 fully saturated rings. The van der Waals surface area contributed by atoms with Crippen molar-refractivity contribution in [3.8, 4) is 0 Å². The number of sulfonamides is 2. The number of benzene rings is 2. The minimum Gasteiger partial charge on any atom is -0.325 e. The van der Waals surface area contributed by atoms with Crippen LogP contribution in [0.2, 0.25) is 10.0 Å². The molecule has 0 spiro atoms. The van der Waals surface area contributed by atoms with Crippen molar-refractivity contribution in [1.82, 2.24) is 13.5 Å². The maximum absolute atomic E-state index is 12.8. The second kappa shape index (κ2) is 10.9. The third kappa shape index (κ3) is 6.91. The van der Waals surface area contributed by atoms with Gasteiger partial charge in [-0.05, 0) is 49.0 Å². The highest BCUT2D eigenvalue weighted by atomic mass is 35.5. The van der Waals surface area contributed by atoms with Crippen LogP contribution in [0.5, 0.6) is 0 Å². The number of anilines is 1. The molecule has 9 nitrogen and oxygen atoms in total. The van der Waals surface area contributed by atoms with Crippen molar-refractivity contribution in [2.75, 3.05) is 51.3 Å². The molecule has 1 N–H and O–H groups in total. The van der Waals surface area contributed by atoms with Gasteiger partial charge >= 0.3 is 0 Å². The van der Waals surface area contributed by atoms with Crippen LogP contribution in [0, 0.1) is 0 Å². The molecular weight excluding hydrogens is 523 g/mol. The first-order chi connectivity index (χ1) is 15.9. The molecular formula is C21H26Cl2N4O5S2. The largest absolute Gasteiger partial charge is 0.325 e. The Kier molecular flexibility index (Phi) is 8.61. The third-order valence-electron chi connectivity index (χ3n) is 5.37. The Morgan fingerprint density at radius 2 is 1.59 bits per heavy atom. The number of rotatable bonds is 8. The van der Waals surface area contributed by atoms with E-state index < -0.39 is 32.5 Å². The summed E-state index contributed by atoms with van der Waals surface area (Å²) in [6.45, 7) is 1.65. The van der Waals surface area contributed by atoms with Gasteiger partial charge in [-0.2, -0.15) is 8.61 Å². The average molecular weight is 550 g/mol. The molecule has 186 valence electrons. The first-order valence-electron chi connectivity index (χ1n) is 10.3. The van der Waals surface area contributed by atoms with Crippen LogP contribution in [0.1, 0.15) is 5.56 Å². The molecule has 3 rings (SSSR count). The predicted molar refractivity (Wildman–Crippen MR) is 133 cm³/mol. The summed E-state index contributed by atoms with van der Waals surface area (Å²) in [5, 5.41) is 3.23. The van der Waals surface area contributed by atoms with Gasteiger partial charge in [0.2, 0.25) is 26.0 Å². The highest BCUT2D eigenvalue weighted by molar-refractivity contribution is 7.89. The van der Waals surface area contributed by atoms with Crippen molar-refractivity contribution in [2.24, 2.45) is 0 Å². The van der Waals surface area contributed by atoms with Gasteiger partial charge in [0, 0.05) is 38.4 Å². The Bertz CT molecular complexity index is 1250. The number of hydrogen-bond donors (Lipinski definition) is 1. The number of amides is 1. The summed E-state index contributed by atoms with van der Waals surface area (Å²) in [5.41, 5.74) is 0.927. The quantitative estimate of drug-likeness (QED) is 0.542. The number of likely N-dealkylation sites (N-methyl/N-ethyl adjacent to an activating group) is 1. The summed E-state index contributed by atoms with van der Waals surface area (Å²) in [5.74, 6) is -0.569. The molecule has 34 heavy (non-hydrogen) atoms. The average Bonchev–Trinajstić information content (AvgIpc) is 2.76.